The van der Waals surface area contributed by atoms with Crippen LogP contribution in [0.2, 0.25) is 0 Å². The molecule has 0 unspecified atom stereocenters. The maximum Gasteiger partial charge on any atom is 0.271 e. The van der Waals surface area contributed by atoms with E-state index in [1.165, 1.54) is 0 Å². The number of carbonyl (C=O) groups excluding carboxylic acids is 2. The Labute approximate surface area is 207 Å². The predicted octanol–water partition coefficient (Wildman–Crippen LogP) is 3.03. The summed E-state index contributed by atoms with van der Waals surface area (Å²) in [6.45, 7) is 0.758. The van der Waals surface area contributed by atoms with Crippen LogP contribution in [0.5, 0.6) is 5.75 Å². The minimum absolute atomic E-state index is 0.00214. The standard InChI is InChI=1S/C25H27N7O4/c1-35-22-16(15-12-27-32(13-15)19-7-10-36-25(19)8-9-25)3-2-4-17(22)28-18-11-20(29-24(34)14-5-6-14)30-31-21(18)23(26)33/h2-4,11-14,19H,5-10H2,1H3,(H2,26,33)(H2,28,29,30,34)/t19-/m1/s1. The summed E-state index contributed by atoms with van der Waals surface area (Å²) in [5, 5.41) is 18.5. The molecule has 0 radical (unpaired) electrons. The van der Waals surface area contributed by atoms with E-state index >= 15 is 0 Å². The monoisotopic (exact) mass is 489 g/mol. The minimum atomic E-state index is -0.741. The Morgan fingerprint density at radius 3 is 2.75 bits per heavy atom. The van der Waals surface area contributed by atoms with E-state index in [4.69, 9.17) is 15.2 Å². The number of aromatic nitrogens is 4. The zero-order valence-corrected chi connectivity index (χ0v) is 19.9. The summed E-state index contributed by atoms with van der Waals surface area (Å²) < 4.78 is 13.8. The number of hydrogen-bond donors (Lipinski definition) is 3. The predicted molar refractivity (Wildman–Crippen MR) is 131 cm³/mol. The second-order valence-corrected chi connectivity index (χ2v) is 9.56. The number of hydrogen-bond acceptors (Lipinski definition) is 8. The summed E-state index contributed by atoms with van der Waals surface area (Å²) in [5.74, 6) is -0.0453. The number of anilines is 3. The van der Waals surface area contributed by atoms with Crippen molar-refractivity contribution >= 4 is 29.0 Å². The molecule has 1 saturated heterocycles. The van der Waals surface area contributed by atoms with Gasteiger partial charge in [-0.05, 0) is 38.2 Å². The van der Waals surface area contributed by atoms with Crippen LogP contribution >= 0.6 is 0 Å². The maximum atomic E-state index is 12.2. The summed E-state index contributed by atoms with van der Waals surface area (Å²) in [5.41, 5.74) is 8.09. The maximum absolute atomic E-state index is 12.2. The van der Waals surface area contributed by atoms with Gasteiger partial charge in [-0.2, -0.15) is 5.10 Å². The zero-order chi connectivity index (χ0) is 24.9. The van der Waals surface area contributed by atoms with Crippen LogP contribution in [0.15, 0.2) is 36.7 Å². The highest BCUT2D eigenvalue weighted by Crippen LogP contribution is 2.53. The SMILES string of the molecule is COc1c(Nc2cc(NC(=O)C3CC3)nnc2C(N)=O)cccc1-c1cnn([C@@H]2CCOC23CC3)c1. The third-order valence-electron chi connectivity index (χ3n) is 7.08. The molecule has 186 valence electrons. The van der Waals surface area contributed by atoms with E-state index in [1.54, 1.807) is 13.2 Å². The molecule has 1 spiro atoms. The molecule has 36 heavy (non-hydrogen) atoms. The van der Waals surface area contributed by atoms with Gasteiger partial charge in [-0.3, -0.25) is 14.3 Å². The number of methoxy groups -OCH3 is 1. The topological polar surface area (TPSA) is 146 Å². The molecule has 3 aliphatic rings. The Hall–Kier alpha value is -3.99. The summed E-state index contributed by atoms with van der Waals surface area (Å²) in [7, 11) is 1.58. The Kier molecular flexibility index (Phi) is 5.36. The number of primary amides is 1. The molecule has 3 heterocycles. The number of nitrogens with two attached hydrogens (primary N) is 1. The first-order chi connectivity index (χ1) is 17.5. The number of rotatable bonds is 8. The smallest absolute Gasteiger partial charge is 0.271 e. The number of ether oxygens (including phenoxy) is 2. The van der Waals surface area contributed by atoms with Crippen LogP contribution in [0.4, 0.5) is 17.2 Å². The molecule has 11 nitrogen and oxygen atoms in total. The first-order valence-corrected chi connectivity index (χ1v) is 12.1. The van der Waals surface area contributed by atoms with Crippen molar-refractivity contribution in [3.8, 4) is 16.9 Å². The molecule has 6 rings (SSSR count). The van der Waals surface area contributed by atoms with Gasteiger partial charge in [0.15, 0.2) is 11.5 Å². The van der Waals surface area contributed by atoms with Gasteiger partial charge in [-0.1, -0.05) is 12.1 Å². The van der Waals surface area contributed by atoms with Crippen LogP contribution in [0.3, 0.4) is 0 Å². The van der Waals surface area contributed by atoms with Crippen molar-refractivity contribution < 1.29 is 19.1 Å². The molecule has 3 aromatic rings. The molecule has 1 aliphatic heterocycles. The molecule has 1 aromatic carbocycles. The first-order valence-electron chi connectivity index (χ1n) is 12.1. The summed E-state index contributed by atoms with van der Waals surface area (Å²) in [6, 6.07) is 7.44. The van der Waals surface area contributed by atoms with E-state index in [0.29, 0.717) is 17.1 Å². The van der Waals surface area contributed by atoms with Crippen LogP contribution in [-0.4, -0.2) is 51.1 Å². The molecular formula is C25H27N7O4. The minimum Gasteiger partial charge on any atom is -0.494 e. The van der Waals surface area contributed by atoms with E-state index in [-0.39, 0.29) is 35.0 Å². The normalized spacial score (nSPS) is 19.8. The first kappa shape index (κ1) is 22.5. The van der Waals surface area contributed by atoms with E-state index in [0.717, 1.165) is 49.8 Å². The summed E-state index contributed by atoms with van der Waals surface area (Å²) in [4.78, 5) is 24.2. The highest BCUT2D eigenvalue weighted by molar-refractivity contribution is 5.99. The van der Waals surface area contributed by atoms with Crippen molar-refractivity contribution in [2.75, 3.05) is 24.4 Å². The second kappa shape index (κ2) is 8.59. The van der Waals surface area contributed by atoms with E-state index in [1.807, 2.05) is 35.3 Å². The third-order valence-corrected chi connectivity index (χ3v) is 7.08. The molecule has 2 aliphatic carbocycles. The summed E-state index contributed by atoms with van der Waals surface area (Å²) >= 11 is 0. The third kappa shape index (κ3) is 4.05. The lowest BCUT2D eigenvalue weighted by molar-refractivity contribution is -0.117. The van der Waals surface area contributed by atoms with E-state index < -0.39 is 5.91 Å². The van der Waals surface area contributed by atoms with Gasteiger partial charge in [0, 0.05) is 35.9 Å². The van der Waals surface area contributed by atoms with Crippen molar-refractivity contribution in [1.29, 1.82) is 0 Å². The Morgan fingerprint density at radius 2 is 2.03 bits per heavy atom. The summed E-state index contributed by atoms with van der Waals surface area (Å²) in [6.07, 6.45) is 8.66. The van der Waals surface area contributed by atoms with Crippen molar-refractivity contribution in [1.82, 2.24) is 20.0 Å². The van der Waals surface area contributed by atoms with Crippen LogP contribution in [0.1, 0.15) is 48.6 Å². The van der Waals surface area contributed by atoms with Gasteiger partial charge in [0.05, 0.1) is 36.3 Å². The lowest BCUT2D eigenvalue weighted by Gasteiger charge is -2.18. The van der Waals surface area contributed by atoms with Crippen molar-refractivity contribution in [3.63, 3.8) is 0 Å². The largest absolute Gasteiger partial charge is 0.494 e. The molecule has 3 fully saturated rings. The van der Waals surface area contributed by atoms with Gasteiger partial charge in [-0.15, -0.1) is 10.2 Å². The van der Waals surface area contributed by atoms with Crippen LogP contribution in [0, 0.1) is 5.92 Å². The number of carbonyl (C=O) groups is 2. The Bertz CT molecular complexity index is 1350. The Balaban J connectivity index is 1.31. The number of amides is 2. The Morgan fingerprint density at radius 1 is 1.19 bits per heavy atom. The van der Waals surface area contributed by atoms with Crippen LogP contribution in [-0.2, 0) is 9.53 Å². The number of nitrogens with one attached hydrogen (secondary N) is 2. The van der Waals surface area contributed by atoms with Crippen LogP contribution < -0.4 is 21.1 Å². The molecule has 0 bridgehead atoms. The lowest BCUT2D eigenvalue weighted by atomic mass is 10.1. The molecule has 1 atom stereocenters. The quantitative estimate of drug-likeness (QED) is 0.438. The van der Waals surface area contributed by atoms with Gasteiger partial charge < -0.3 is 25.8 Å². The number of nitrogens with zero attached hydrogens (tertiary/aromatic N) is 4. The molecular weight excluding hydrogens is 462 g/mol. The van der Waals surface area contributed by atoms with Crippen LogP contribution in [0.25, 0.3) is 11.1 Å². The molecule has 11 heteroatoms. The fourth-order valence-corrected chi connectivity index (χ4v) is 4.89. The fraction of sp³-hybridized carbons (Fsp3) is 0.400. The average molecular weight is 490 g/mol. The average Bonchev–Trinajstić information content (AvgIpc) is 3.76. The van der Waals surface area contributed by atoms with Gasteiger partial charge in [0.2, 0.25) is 5.91 Å². The van der Waals surface area contributed by atoms with Gasteiger partial charge in [0.25, 0.3) is 5.91 Å². The second-order valence-electron chi connectivity index (χ2n) is 9.56. The molecule has 2 saturated carbocycles. The zero-order valence-electron chi connectivity index (χ0n) is 19.9. The molecule has 2 aromatic heterocycles. The van der Waals surface area contributed by atoms with Gasteiger partial charge in [-0.25, -0.2) is 0 Å². The number of para-hydroxylation sites is 1. The van der Waals surface area contributed by atoms with E-state index in [2.05, 4.69) is 25.9 Å². The molecule has 4 N–H and O–H groups in total. The van der Waals surface area contributed by atoms with Crippen molar-refractivity contribution in [2.45, 2.75) is 43.7 Å². The number of benzene rings is 1. The van der Waals surface area contributed by atoms with Crippen molar-refractivity contribution in [3.05, 3.63) is 42.4 Å². The highest BCUT2D eigenvalue weighted by atomic mass is 16.5. The fourth-order valence-electron chi connectivity index (χ4n) is 4.89. The van der Waals surface area contributed by atoms with E-state index in [9.17, 15) is 9.59 Å². The molecule has 2 amide bonds. The lowest BCUT2D eigenvalue weighted by Crippen LogP contribution is -2.21. The van der Waals surface area contributed by atoms with Gasteiger partial charge >= 0.3 is 0 Å². The highest BCUT2D eigenvalue weighted by Gasteiger charge is 2.55. The van der Waals surface area contributed by atoms with Gasteiger partial charge in [0.1, 0.15) is 5.75 Å². The van der Waals surface area contributed by atoms with Crippen molar-refractivity contribution in [2.24, 2.45) is 11.7 Å².